The highest BCUT2D eigenvalue weighted by molar-refractivity contribution is 7.94. The fourth-order valence-corrected chi connectivity index (χ4v) is 3.53. The fourth-order valence-electron chi connectivity index (χ4n) is 1.99. The lowest BCUT2D eigenvalue weighted by Gasteiger charge is -2.30. The van der Waals surface area contributed by atoms with Gasteiger partial charge in [-0.25, -0.2) is 5.01 Å². The van der Waals surface area contributed by atoms with Crippen molar-refractivity contribution in [3.8, 4) is 0 Å². The normalized spacial score (nSPS) is 18.6. The van der Waals surface area contributed by atoms with E-state index in [1.807, 2.05) is 34.6 Å². The third kappa shape index (κ3) is 3.95. The van der Waals surface area contributed by atoms with Crippen molar-refractivity contribution in [2.24, 2.45) is 5.10 Å². The van der Waals surface area contributed by atoms with Gasteiger partial charge in [0.25, 0.3) is 5.91 Å². The Labute approximate surface area is 136 Å². The Balaban J connectivity index is 2.83. The molecule has 0 aliphatic carbocycles. The Morgan fingerprint density at radius 1 is 1.45 bits per heavy atom. The first-order chi connectivity index (χ1) is 9.91. The maximum atomic E-state index is 12.5. The van der Waals surface area contributed by atoms with E-state index in [-0.39, 0.29) is 16.7 Å². The summed E-state index contributed by atoms with van der Waals surface area (Å²) in [6.07, 6.45) is 0.761. The van der Waals surface area contributed by atoms with Crippen LogP contribution in [0.3, 0.4) is 0 Å². The predicted molar refractivity (Wildman–Crippen MR) is 91.4 cm³/mol. The van der Waals surface area contributed by atoms with Crippen LogP contribution in [0.1, 0.15) is 54.9 Å². The van der Waals surface area contributed by atoms with Crippen LogP contribution in [0.25, 0.3) is 0 Å². The van der Waals surface area contributed by atoms with Gasteiger partial charge in [0, 0.05) is 0 Å². The molecule has 0 saturated carbocycles. The lowest BCUT2D eigenvalue weighted by atomic mass is 10.1. The molecule has 0 aromatic carbocycles. The Hall–Kier alpha value is -1.21. The van der Waals surface area contributed by atoms with Crippen molar-refractivity contribution < 1.29 is 9.35 Å². The molecule has 126 valence electrons. The molecule has 7 heteroatoms. The van der Waals surface area contributed by atoms with Crippen molar-refractivity contribution in [1.29, 1.82) is 0 Å². The summed E-state index contributed by atoms with van der Waals surface area (Å²) in [6, 6.07) is 0. The Kier molecular flexibility index (Phi) is 5.56. The number of hydrogen-bond acceptors (Lipinski definition) is 5. The first kappa shape index (κ1) is 18.8. The van der Waals surface area contributed by atoms with Crippen LogP contribution >= 0.6 is 0 Å². The van der Waals surface area contributed by atoms with Gasteiger partial charge in [-0.15, -0.1) is 5.10 Å². The van der Waals surface area contributed by atoms with E-state index in [9.17, 15) is 9.35 Å². The first-order valence-corrected chi connectivity index (χ1v) is 8.69. The summed E-state index contributed by atoms with van der Waals surface area (Å²) in [5.41, 5.74) is -0.244. The molecule has 0 bridgehead atoms. The van der Waals surface area contributed by atoms with Gasteiger partial charge in [-0.05, 0) is 59.1 Å². The monoisotopic (exact) mass is 328 g/mol. The molecule has 0 aromatic heterocycles. The second kappa shape index (κ2) is 6.50. The van der Waals surface area contributed by atoms with Crippen LogP contribution in [0.5, 0.6) is 0 Å². The quantitative estimate of drug-likeness (QED) is 0.772. The summed E-state index contributed by atoms with van der Waals surface area (Å²) in [5, 5.41) is 11.7. The summed E-state index contributed by atoms with van der Waals surface area (Å²) < 4.78 is 11.5. The highest BCUT2D eigenvalue weighted by Crippen LogP contribution is 2.24. The molecular formula is C15H28N4O2S. The lowest BCUT2D eigenvalue weighted by molar-refractivity contribution is -0.121. The van der Waals surface area contributed by atoms with Crippen LogP contribution in [0.15, 0.2) is 17.5 Å². The van der Waals surface area contributed by atoms with Crippen molar-refractivity contribution in [2.75, 3.05) is 0 Å². The number of hydrazone groups is 1. The van der Waals surface area contributed by atoms with E-state index in [2.05, 4.69) is 22.3 Å². The summed E-state index contributed by atoms with van der Waals surface area (Å²) in [4.78, 5) is 12.5. The first-order valence-electron chi connectivity index (χ1n) is 7.48. The Morgan fingerprint density at radius 3 is 2.41 bits per heavy atom. The van der Waals surface area contributed by atoms with Gasteiger partial charge in [0.1, 0.15) is 11.1 Å². The van der Waals surface area contributed by atoms with Crippen LogP contribution in [-0.4, -0.2) is 37.0 Å². The van der Waals surface area contributed by atoms with Gasteiger partial charge in [0.05, 0.1) is 5.54 Å². The number of carbonyl (C=O) groups excluding carboxylic acids is 1. The van der Waals surface area contributed by atoms with Gasteiger partial charge in [0.2, 0.25) is 5.96 Å². The molecular weight excluding hydrogens is 300 g/mol. The van der Waals surface area contributed by atoms with Crippen LogP contribution in [0, 0.1) is 0 Å². The number of carbonyl (C=O) groups is 1. The van der Waals surface area contributed by atoms with E-state index in [0.29, 0.717) is 11.8 Å². The topological polar surface area (TPSA) is 79.8 Å². The molecule has 0 radical (unpaired) electrons. The van der Waals surface area contributed by atoms with Gasteiger partial charge in [0.15, 0.2) is 4.75 Å². The maximum Gasteiger partial charge on any atom is 0.282 e. The maximum absolute atomic E-state index is 12.5. The molecule has 1 aliphatic rings. The van der Waals surface area contributed by atoms with Crippen molar-refractivity contribution >= 4 is 23.0 Å². The lowest BCUT2D eigenvalue weighted by Crippen LogP contribution is -2.53. The fraction of sp³-hybridized carbons (Fsp3) is 0.733. The second-order valence-corrected chi connectivity index (χ2v) is 9.40. The molecule has 1 amide bonds. The van der Waals surface area contributed by atoms with E-state index < -0.39 is 15.9 Å². The van der Waals surface area contributed by atoms with Crippen LogP contribution in [0.4, 0.5) is 0 Å². The molecule has 0 aromatic rings. The molecule has 1 unspecified atom stereocenters. The predicted octanol–water partition coefficient (Wildman–Crippen LogP) is 1.87. The molecule has 0 spiro atoms. The van der Waals surface area contributed by atoms with E-state index in [1.54, 1.807) is 18.9 Å². The standard InChI is InChI=1S/C15H28N4O2S/c1-9-10(2)22(21)15(7,8)12(20)17-13-16-11(3)19(18-13)14(4,5)6/h10H,3,9H2,1-2,4-8H3,(H2,16,17,18,20)/t10-,22?/m0/s1. The number of hydrogen-bond donors (Lipinski definition) is 2. The Morgan fingerprint density at radius 2 is 2.00 bits per heavy atom. The van der Waals surface area contributed by atoms with Gasteiger partial charge in [-0.3, -0.25) is 10.1 Å². The molecule has 2 atom stereocenters. The summed E-state index contributed by atoms with van der Waals surface area (Å²) in [6.45, 7) is 17.1. The summed E-state index contributed by atoms with van der Waals surface area (Å²) >= 11 is -1.27. The van der Waals surface area contributed by atoms with Crippen molar-refractivity contribution in [3.05, 3.63) is 12.4 Å². The van der Waals surface area contributed by atoms with Crippen LogP contribution in [-0.2, 0) is 16.0 Å². The molecule has 1 heterocycles. The molecule has 0 fully saturated rings. The minimum Gasteiger partial charge on any atom is -0.615 e. The number of rotatable bonds is 4. The number of amides is 1. The van der Waals surface area contributed by atoms with E-state index in [4.69, 9.17) is 0 Å². The Bertz CT molecular complexity index is 482. The van der Waals surface area contributed by atoms with Crippen molar-refractivity contribution in [3.63, 3.8) is 0 Å². The van der Waals surface area contributed by atoms with Gasteiger partial charge < -0.3 is 9.87 Å². The third-order valence-electron chi connectivity index (χ3n) is 3.58. The summed E-state index contributed by atoms with van der Waals surface area (Å²) in [7, 11) is 0. The average Bonchev–Trinajstić information content (AvgIpc) is 2.77. The smallest absolute Gasteiger partial charge is 0.282 e. The number of guanidine groups is 1. The average molecular weight is 328 g/mol. The highest BCUT2D eigenvalue weighted by Gasteiger charge is 2.43. The van der Waals surface area contributed by atoms with Gasteiger partial charge in [-0.1, -0.05) is 13.5 Å². The minimum atomic E-state index is -1.27. The molecule has 2 N–H and O–H groups in total. The second-order valence-electron chi connectivity index (χ2n) is 6.98. The highest BCUT2D eigenvalue weighted by atomic mass is 32.2. The van der Waals surface area contributed by atoms with Crippen molar-refractivity contribution in [2.45, 2.75) is 70.4 Å². The molecule has 6 nitrogen and oxygen atoms in total. The van der Waals surface area contributed by atoms with Crippen LogP contribution in [0.2, 0.25) is 0 Å². The summed E-state index contributed by atoms with van der Waals surface area (Å²) in [5.74, 6) is 0.601. The number of nitrogens with one attached hydrogen (secondary N) is 2. The SMILES string of the molecule is C=C1NC(NC(=O)C(C)(C)[S+]([O-])[C@@H](C)CC)=NN1C(C)(C)C. The van der Waals surface area contributed by atoms with Gasteiger partial charge >= 0.3 is 0 Å². The van der Waals surface area contributed by atoms with Crippen molar-refractivity contribution in [1.82, 2.24) is 15.6 Å². The minimum absolute atomic E-state index is 0.0414. The van der Waals surface area contributed by atoms with Crippen LogP contribution < -0.4 is 10.6 Å². The van der Waals surface area contributed by atoms with Gasteiger partial charge in [-0.2, -0.15) is 0 Å². The van der Waals surface area contributed by atoms with E-state index >= 15 is 0 Å². The zero-order chi connectivity index (χ0) is 17.3. The third-order valence-corrected chi connectivity index (χ3v) is 5.83. The molecule has 0 saturated heterocycles. The molecule has 22 heavy (non-hydrogen) atoms. The zero-order valence-corrected chi connectivity index (χ0v) is 15.4. The molecule has 1 aliphatic heterocycles. The largest absolute Gasteiger partial charge is 0.615 e. The number of nitrogens with zero attached hydrogens (tertiary/aromatic N) is 2. The van der Waals surface area contributed by atoms with E-state index in [1.165, 1.54) is 0 Å². The van der Waals surface area contributed by atoms with E-state index in [0.717, 1.165) is 6.42 Å². The zero-order valence-electron chi connectivity index (χ0n) is 14.6. The molecule has 1 rings (SSSR count).